The Kier molecular flexibility index (Phi) is 4.85. The Morgan fingerprint density at radius 2 is 2.00 bits per heavy atom. The van der Waals surface area contributed by atoms with Gasteiger partial charge in [-0.25, -0.2) is 4.39 Å². The number of carboxylic acid groups (broad SMARTS) is 1. The summed E-state index contributed by atoms with van der Waals surface area (Å²) < 4.78 is 13.4. The normalized spacial score (nSPS) is 23.0. The van der Waals surface area contributed by atoms with Crippen molar-refractivity contribution in [2.75, 3.05) is 13.1 Å². The van der Waals surface area contributed by atoms with E-state index >= 15 is 0 Å². The zero-order chi connectivity index (χ0) is 17.3. The molecule has 0 aromatic heterocycles. The predicted octanol–water partition coefficient (Wildman–Crippen LogP) is 2.19. The minimum absolute atomic E-state index is 0.0292. The summed E-state index contributed by atoms with van der Waals surface area (Å²) in [4.78, 5) is 25.2. The van der Waals surface area contributed by atoms with Crippen LogP contribution in [0.1, 0.15) is 41.6 Å². The van der Waals surface area contributed by atoms with Gasteiger partial charge in [0.1, 0.15) is 5.82 Å². The van der Waals surface area contributed by atoms with Crippen molar-refractivity contribution in [2.24, 2.45) is 5.92 Å². The summed E-state index contributed by atoms with van der Waals surface area (Å²) in [6.07, 6.45) is 3.87. The number of carboxylic acids is 1. The van der Waals surface area contributed by atoms with Crippen LogP contribution >= 0.6 is 0 Å². The maximum atomic E-state index is 13.4. The molecule has 2 saturated carbocycles. The van der Waals surface area contributed by atoms with Gasteiger partial charge in [0.2, 0.25) is 0 Å². The van der Waals surface area contributed by atoms with Gasteiger partial charge in [0.15, 0.2) is 0 Å². The van der Waals surface area contributed by atoms with Gasteiger partial charge in [-0.1, -0.05) is 0 Å². The van der Waals surface area contributed by atoms with Gasteiger partial charge in [0.25, 0.3) is 5.91 Å². The number of hydrogen-bond acceptors (Lipinski definition) is 3. The first-order valence-electron chi connectivity index (χ1n) is 8.44. The molecule has 1 amide bonds. The molecule has 0 radical (unpaired) electrons. The summed E-state index contributed by atoms with van der Waals surface area (Å²) in [7, 11) is 0. The molecule has 0 atom stereocenters. The molecular weight excluding hydrogens is 311 g/mol. The van der Waals surface area contributed by atoms with E-state index in [0.717, 1.165) is 19.4 Å². The van der Waals surface area contributed by atoms with E-state index in [2.05, 4.69) is 5.32 Å². The fraction of sp³-hybridized carbons (Fsp3) is 0.556. The standard InChI is InChI=1S/C18H23FN2O3/c1-11-4-13(6-14(19)5-11)18(24)20-15-7-16(8-15)21(10-17(22)23)9-12-2-3-12/h4-6,12,15-16H,2-3,7-10H2,1H3,(H,20,24)(H,22,23). The fourth-order valence-electron chi connectivity index (χ4n) is 3.29. The van der Waals surface area contributed by atoms with E-state index in [1.54, 1.807) is 13.0 Å². The highest BCUT2D eigenvalue weighted by Gasteiger charge is 2.37. The van der Waals surface area contributed by atoms with Gasteiger partial charge in [-0.2, -0.15) is 0 Å². The van der Waals surface area contributed by atoms with Crippen molar-refractivity contribution in [2.45, 2.75) is 44.7 Å². The molecule has 0 spiro atoms. The molecule has 5 nitrogen and oxygen atoms in total. The lowest BCUT2D eigenvalue weighted by Crippen LogP contribution is -2.55. The van der Waals surface area contributed by atoms with E-state index in [9.17, 15) is 14.0 Å². The molecule has 0 bridgehead atoms. The minimum Gasteiger partial charge on any atom is -0.480 e. The third-order valence-electron chi connectivity index (χ3n) is 4.80. The fourth-order valence-corrected chi connectivity index (χ4v) is 3.29. The molecular formula is C18H23FN2O3. The zero-order valence-corrected chi connectivity index (χ0v) is 13.8. The molecule has 0 heterocycles. The maximum absolute atomic E-state index is 13.4. The lowest BCUT2D eigenvalue weighted by Gasteiger charge is -2.42. The molecule has 0 aliphatic heterocycles. The first-order valence-corrected chi connectivity index (χ1v) is 8.44. The second kappa shape index (κ2) is 6.89. The first kappa shape index (κ1) is 16.9. The van der Waals surface area contributed by atoms with Crippen molar-refractivity contribution in [3.63, 3.8) is 0 Å². The maximum Gasteiger partial charge on any atom is 0.317 e. The van der Waals surface area contributed by atoms with Gasteiger partial charge >= 0.3 is 5.97 Å². The summed E-state index contributed by atoms with van der Waals surface area (Å²) in [5.41, 5.74) is 1.04. The number of rotatable bonds is 7. The summed E-state index contributed by atoms with van der Waals surface area (Å²) in [5, 5.41) is 12.0. The number of aryl methyl sites for hydroxylation is 1. The molecule has 2 aliphatic rings. The van der Waals surface area contributed by atoms with Crippen LogP contribution in [0.5, 0.6) is 0 Å². The SMILES string of the molecule is Cc1cc(F)cc(C(=O)NC2CC(N(CC(=O)O)CC3CC3)C2)c1. The number of carbonyl (C=O) groups is 2. The molecule has 0 unspecified atom stereocenters. The predicted molar refractivity (Wildman–Crippen MR) is 87.3 cm³/mol. The molecule has 0 saturated heterocycles. The monoisotopic (exact) mass is 334 g/mol. The van der Waals surface area contributed by atoms with Crippen LogP contribution < -0.4 is 5.32 Å². The van der Waals surface area contributed by atoms with E-state index < -0.39 is 11.8 Å². The van der Waals surface area contributed by atoms with Gasteiger partial charge in [-0.3, -0.25) is 14.5 Å². The molecule has 2 aliphatic carbocycles. The van der Waals surface area contributed by atoms with Crippen LogP contribution in [0.15, 0.2) is 18.2 Å². The van der Waals surface area contributed by atoms with Gasteiger partial charge in [0.05, 0.1) is 6.54 Å². The van der Waals surface area contributed by atoms with E-state index in [4.69, 9.17) is 5.11 Å². The molecule has 2 N–H and O–H groups in total. The highest BCUT2D eigenvalue weighted by molar-refractivity contribution is 5.94. The summed E-state index contributed by atoms with van der Waals surface area (Å²) in [5.74, 6) is -0.858. The van der Waals surface area contributed by atoms with E-state index in [1.807, 2.05) is 4.90 Å². The zero-order valence-electron chi connectivity index (χ0n) is 13.8. The topological polar surface area (TPSA) is 69.6 Å². The lowest BCUT2D eigenvalue weighted by atomic mass is 9.85. The second-order valence-electron chi connectivity index (χ2n) is 7.08. The van der Waals surface area contributed by atoms with Crippen molar-refractivity contribution >= 4 is 11.9 Å². The quantitative estimate of drug-likeness (QED) is 0.802. The number of carbonyl (C=O) groups excluding carboxylic acids is 1. The number of benzene rings is 1. The number of aliphatic carboxylic acids is 1. The molecule has 3 rings (SSSR count). The van der Waals surface area contributed by atoms with Crippen molar-refractivity contribution in [3.8, 4) is 0 Å². The summed E-state index contributed by atoms with van der Waals surface area (Å²) in [6.45, 7) is 2.65. The molecule has 130 valence electrons. The van der Waals surface area contributed by atoms with Crippen LogP contribution in [0.3, 0.4) is 0 Å². The number of halogens is 1. The second-order valence-corrected chi connectivity index (χ2v) is 7.08. The Labute approximate surface area is 140 Å². The van der Waals surface area contributed by atoms with Gasteiger partial charge in [-0.05, 0) is 62.3 Å². The van der Waals surface area contributed by atoms with Crippen LogP contribution in [0.4, 0.5) is 4.39 Å². The largest absolute Gasteiger partial charge is 0.480 e. The third kappa shape index (κ3) is 4.32. The number of nitrogens with zero attached hydrogens (tertiary/aromatic N) is 1. The lowest BCUT2D eigenvalue weighted by molar-refractivity contribution is -0.139. The Bertz CT molecular complexity index is 619. The van der Waals surface area contributed by atoms with Crippen molar-refractivity contribution < 1.29 is 19.1 Å². The Morgan fingerprint density at radius 1 is 1.29 bits per heavy atom. The number of amides is 1. The van der Waals surface area contributed by atoms with Crippen LogP contribution in [0.25, 0.3) is 0 Å². The van der Waals surface area contributed by atoms with Crippen molar-refractivity contribution in [1.82, 2.24) is 10.2 Å². The Hall–Kier alpha value is -1.95. The summed E-state index contributed by atoms with van der Waals surface area (Å²) >= 11 is 0. The van der Waals surface area contributed by atoms with Crippen molar-refractivity contribution in [1.29, 1.82) is 0 Å². The van der Waals surface area contributed by atoms with Crippen LogP contribution in [0.2, 0.25) is 0 Å². The number of hydrogen-bond donors (Lipinski definition) is 2. The minimum atomic E-state index is -0.807. The first-order chi connectivity index (χ1) is 11.4. The van der Waals surface area contributed by atoms with Gasteiger partial charge in [-0.15, -0.1) is 0 Å². The Balaban J connectivity index is 1.51. The van der Waals surface area contributed by atoms with Crippen LogP contribution in [-0.2, 0) is 4.79 Å². The van der Waals surface area contributed by atoms with E-state index in [-0.39, 0.29) is 24.5 Å². The van der Waals surface area contributed by atoms with Crippen LogP contribution in [-0.4, -0.2) is 47.1 Å². The smallest absolute Gasteiger partial charge is 0.317 e. The van der Waals surface area contributed by atoms with E-state index in [0.29, 0.717) is 17.0 Å². The molecule has 6 heteroatoms. The summed E-state index contributed by atoms with van der Waals surface area (Å²) in [6, 6.07) is 4.53. The Morgan fingerprint density at radius 3 is 2.58 bits per heavy atom. The molecule has 2 fully saturated rings. The van der Waals surface area contributed by atoms with Crippen molar-refractivity contribution in [3.05, 3.63) is 35.1 Å². The highest BCUT2D eigenvalue weighted by atomic mass is 19.1. The average molecular weight is 334 g/mol. The van der Waals surface area contributed by atoms with Crippen LogP contribution in [0, 0.1) is 18.7 Å². The van der Waals surface area contributed by atoms with E-state index in [1.165, 1.54) is 25.0 Å². The highest BCUT2D eigenvalue weighted by Crippen LogP contribution is 2.33. The average Bonchev–Trinajstić information content (AvgIpc) is 3.23. The molecule has 1 aromatic carbocycles. The molecule has 1 aromatic rings. The van der Waals surface area contributed by atoms with Gasteiger partial charge in [0, 0.05) is 24.2 Å². The number of nitrogens with one attached hydrogen (secondary N) is 1. The molecule has 24 heavy (non-hydrogen) atoms. The third-order valence-corrected chi connectivity index (χ3v) is 4.80. The van der Waals surface area contributed by atoms with Gasteiger partial charge < -0.3 is 10.4 Å².